The van der Waals surface area contributed by atoms with Gasteiger partial charge in [0, 0.05) is 56.9 Å². The number of fused-ring (bicyclic) bond motifs is 1. The van der Waals surface area contributed by atoms with Crippen LogP contribution in [0.4, 0.5) is 11.5 Å². The highest BCUT2D eigenvalue weighted by Crippen LogP contribution is 2.25. The van der Waals surface area contributed by atoms with Crippen molar-refractivity contribution in [2.24, 2.45) is 0 Å². The minimum atomic E-state index is -0.379. The van der Waals surface area contributed by atoms with E-state index in [-0.39, 0.29) is 10.6 Å². The van der Waals surface area contributed by atoms with Gasteiger partial charge < -0.3 is 15.0 Å². The van der Waals surface area contributed by atoms with Crippen LogP contribution in [0.2, 0.25) is 0 Å². The summed E-state index contributed by atoms with van der Waals surface area (Å²) in [7, 11) is 1.72. The molecule has 1 aromatic heterocycles. The summed E-state index contributed by atoms with van der Waals surface area (Å²) in [5.41, 5.74) is 0.879. The average molecular weight is 330 g/mol. The molecule has 1 N–H and O–H groups in total. The molecule has 24 heavy (non-hydrogen) atoms. The van der Waals surface area contributed by atoms with Crippen LogP contribution in [0.1, 0.15) is 12.8 Å². The third-order valence-electron chi connectivity index (χ3n) is 4.40. The number of nitrogens with zero attached hydrogens (tertiary/aromatic N) is 3. The van der Waals surface area contributed by atoms with Crippen molar-refractivity contribution in [2.75, 3.05) is 38.3 Å². The second-order valence-corrected chi connectivity index (χ2v) is 5.99. The van der Waals surface area contributed by atoms with Crippen LogP contribution >= 0.6 is 0 Å². The number of nitro groups is 1. The fourth-order valence-corrected chi connectivity index (χ4v) is 3.16. The molecule has 1 aliphatic rings. The van der Waals surface area contributed by atoms with Gasteiger partial charge in [-0.3, -0.25) is 10.1 Å². The quantitative estimate of drug-likeness (QED) is 0.497. The Morgan fingerprint density at radius 3 is 3.08 bits per heavy atom. The van der Waals surface area contributed by atoms with Crippen molar-refractivity contribution in [2.45, 2.75) is 18.9 Å². The third-order valence-corrected chi connectivity index (χ3v) is 4.40. The first-order chi connectivity index (χ1) is 11.7. The summed E-state index contributed by atoms with van der Waals surface area (Å²) in [6.45, 7) is 3.53. The number of piperazine rings is 1. The molecule has 2 heterocycles. The zero-order valence-corrected chi connectivity index (χ0v) is 13.8. The summed E-state index contributed by atoms with van der Waals surface area (Å²) in [5.74, 6) is 0.931. The molecule has 1 atom stereocenters. The average Bonchev–Trinajstić information content (AvgIpc) is 2.61. The summed E-state index contributed by atoms with van der Waals surface area (Å²) in [5, 5.41) is 15.1. The number of hydrogen-bond acceptors (Lipinski definition) is 6. The maximum Gasteiger partial charge on any atom is 0.270 e. The van der Waals surface area contributed by atoms with E-state index in [0.29, 0.717) is 6.04 Å². The lowest BCUT2D eigenvalue weighted by molar-refractivity contribution is -0.384. The Balaban J connectivity index is 1.83. The number of benzene rings is 1. The van der Waals surface area contributed by atoms with Crippen molar-refractivity contribution in [3.8, 4) is 0 Å². The lowest BCUT2D eigenvalue weighted by atomic mass is 10.1. The molecule has 0 spiro atoms. The Morgan fingerprint density at radius 2 is 2.29 bits per heavy atom. The fourth-order valence-electron chi connectivity index (χ4n) is 3.16. The molecule has 3 rings (SSSR count). The topological polar surface area (TPSA) is 80.5 Å². The van der Waals surface area contributed by atoms with Crippen molar-refractivity contribution in [1.82, 2.24) is 10.3 Å². The Kier molecular flexibility index (Phi) is 5.22. The molecule has 1 aromatic carbocycles. The van der Waals surface area contributed by atoms with Crippen LogP contribution in [0.5, 0.6) is 0 Å². The molecule has 1 fully saturated rings. The van der Waals surface area contributed by atoms with E-state index in [1.54, 1.807) is 19.2 Å². The number of pyridine rings is 1. The van der Waals surface area contributed by atoms with Crippen LogP contribution < -0.4 is 10.2 Å². The first-order valence-electron chi connectivity index (χ1n) is 8.20. The highest BCUT2D eigenvalue weighted by Gasteiger charge is 2.23. The Morgan fingerprint density at radius 1 is 1.42 bits per heavy atom. The first kappa shape index (κ1) is 16.6. The number of ether oxygens (including phenoxy) is 1. The molecule has 1 saturated heterocycles. The standard InChI is InChI=1S/C17H22N4O3/c1-24-10-2-3-15-12-18-8-9-20(15)17-7-4-13-11-14(21(22)23)5-6-16(13)19-17/h4-7,11,15,18H,2-3,8-10,12H2,1H3. The summed E-state index contributed by atoms with van der Waals surface area (Å²) >= 11 is 0. The van der Waals surface area contributed by atoms with Gasteiger partial charge in [0.15, 0.2) is 0 Å². The highest BCUT2D eigenvalue weighted by atomic mass is 16.6. The molecule has 2 aromatic rings. The van der Waals surface area contributed by atoms with E-state index in [9.17, 15) is 10.1 Å². The van der Waals surface area contributed by atoms with Gasteiger partial charge in [-0.1, -0.05) is 0 Å². The predicted octanol–water partition coefficient (Wildman–Crippen LogP) is 2.35. The predicted molar refractivity (Wildman–Crippen MR) is 93.5 cm³/mol. The largest absolute Gasteiger partial charge is 0.385 e. The SMILES string of the molecule is COCCCC1CNCCN1c1ccc2cc([N+](=O)[O-])ccc2n1. The molecule has 0 saturated carbocycles. The van der Waals surface area contributed by atoms with Gasteiger partial charge in [0.2, 0.25) is 0 Å². The summed E-state index contributed by atoms with van der Waals surface area (Å²) in [4.78, 5) is 17.6. The monoisotopic (exact) mass is 330 g/mol. The molecule has 0 amide bonds. The van der Waals surface area contributed by atoms with Gasteiger partial charge in [-0.05, 0) is 31.0 Å². The Bertz CT molecular complexity index is 722. The molecule has 128 valence electrons. The van der Waals surface area contributed by atoms with Gasteiger partial charge >= 0.3 is 0 Å². The van der Waals surface area contributed by atoms with Crippen LogP contribution in [0.3, 0.4) is 0 Å². The van der Waals surface area contributed by atoms with E-state index < -0.39 is 0 Å². The molecule has 1 aliphatic heterocycles. The molecule has 0 aliphatic carbocycles. The molecule has 0 radical (unpaired) electrons. The zero-order chi connectivity index (χ0) is 16.9. The van der Waals surface area contributed by atoms with Gasteiger partial charge in [0.1, 0.15) is 5.82 Å². The minimum Gasteiger partial charge on any atom is -0.385 e. The van der Waals surface area contributed by atoms with E-state index in [0.717, 1.165) is 55.8 Å². The second-order valence-electron chi connectivity index (χ2n) is 5.99. The summed E-state index contributed by atoms with van der Waals surface area (Å²) < 4.78 is 5.15. The maximum atomic E-state index is 10.9. The molecule has 0 bridgehead atoms. The van der Waals surface area contributed by atoms with Crippen LogP contribution in [0.25, 0.3) is 10.9 Å². The third kappa shape index (κ3) is 3.63. The first-order valence-corrected chi connectivity index (χ1v) is 8.20. The number of rotatable bonds is 6. The minimum absolute atomic E-state index is 0.0941. The van der Waals surface area contributed by atoms with Crippen molar-refractivity contribution >= 4 is 22.4 Å². The van der Waals surface area contributed by atoms with Gasteiger partial charge in [0.05, 0.1) is 10.4 Å². The highest BCUT2D eigenvalue weighted by molar-refractivity contribution is 5.82. The Labute approximate surface area is 140 Å². The fraction of sp³-hybridized carbons (Fsp3) is 0.471. The molecule has 7 nitrogen and oxygen atoms in total. The van der Waals surface area contributed by atoms with Crippen LogP contribution in [-0.4, -0.2) is 49.3 Å². The van der Waals surface area contributed by atoms with Crippen molar-refractivity contribution in [1.29, 1.82) is 0 Å². The number of anilines is 1. The lowest BCUT2D eigenvalue weighted by Gasteiger charge is -2.37. The van der Waals surface area contributed by atoms with E-state index in [1.807, 2.05) is 12.1 Å². The number of aromatic nitrogens is 1. The van der Waals surface area contributed by atoms with Crippen molar-refractivity contribution in [3.63, 3.8) is 0 Å². The van der Waals surface area contributed by atoms with Crippen molar-refractivity contribution < 1.29 is 9.66 Å². The zero-order valence-electron chi connectivity index (χ0n) is 13.8. The van der Waals surface area contributed by atoms with Crippen LogP contribution in [0.15, 0.2) is 30.3 Å². The molecule has 1 unspecified atom stereocenters. The van der Waals surface area contributed by atoms with Gasteiger partial charge in [-0.25, -0.2) is 4.98 Å². The number of hydrogen-bond donors (Lipinski definition) is 1. The van der Waals surface area contributed by atoms with E-state index >= 15 is 0 Å². The second kappa shape index (κ2) is 7.55. The number of methoxy groups -OCH3 is 1. The smallest absolute Gasteiger partial charge is 0.270 e. The Hall–Kier alpha value is -2.25. The van der Waals surface area contributed by atoms with Crippen LogP contribution in [-0.2, 0) is 4.74 Å². The van der Waals surface area contributed by atoms with Crippen molar-refractivity contribution in [3.05, 3.63) is 40.4 Å². The lowest BCUT2D eigenvalue weighted by Crippen LogP contribution is -2.51. The van der Waals surface area contributed by atoms with E-state index in [2.05, 4.69) is 10.2 Å². The molecular formula is C17H22N4O3. The number of nitrogens with one attached hydrogen (secondary N) is 1. The number of nitro benzene ring substituents is 1. The van der Waals surface area contributed by atoms with Gasteiger partial charge in [-0.15, -0.1) is 0 Å². The number of non-ortho nitro benzene ring substituents is 1. The summed E-state index contributed by atoms with van der Waals surface area (Å²) in [6, 6.07) is 9.06. The molecule has 7 heteroatoms. The van der Waals surface area contributed by atoms with E-state index in [1.165, 1.54) is 6.07 Å². The molecular weight excluding hydrogens is 308 g/mol. The van der Waals surface area contributed by atoms with Gasteiger partial charge in [0.25, 0.3) is 5.69 Å². The van der Waals surface area contributed by atoms with E-state index in [4.69, 9.17) is 9.72 Å². The normalized spacial score (nSPS) is 18.0. The maximum absolute atomic E-state index is 10.9. The van der Waals surface area contributed by atoms with Crippen LogP contribution in [0, 0.1) is 10.1 Å². The van der Waals surface area contributed by atoms with Gasteiger partial charge in [-0.2, -0.15) is 0 Å². The summed E-state index contributed by atoms with van der Waals surface area (Å²) in [6.07, 6.45) is 2.06.